The van der Waals surface area contributed by atoms with E-state index in [4.69, 9.17) is 5.26 Å². The predicted octanol–water partition coefficient (Wildman–Crippen LogP) is 3.48. The first-order valence-corrected chi connectivity index (χ1v) is 7.45. The van der Waals surface area contributed by atoms with Crippen LogP contribution in [0.4, 0.5) is 5.69 Å². The van der Waals surface area contributed by atoms with Gasteiger partial charge in [0.2, 0.25) is 0 Å². The van der Waals surface area contributed by atoms with E-state index in [2.05, 4.69) is 11.0 Å². The fraction of sp³-hybridized carbons (Fsp3) is 0.529. The summed E-state index contributed by atoms with van der Waals surface area (Å²) < 4.78 is 0. The van der Waals surface area contributed by atoms with Crippen LogP contribution in [-0.4, -0.2) is 23.7 Å². The van der Waals surface area contributed by atoms with Crippen molar-refractivity contribution in [3.05, 3.63) is 29.3 Å². The molecule has 1 N–H and O–H groups in total. The number of carboxylic acids is 1. The van der Waals surface area contributed by atoms with Gasteiger partial charge >= 0.3 is 5.97 Å². The van der Waals surface area contributed by atoms with Crippen LogP contribution in [0.5, 0.6) is 0 Å². The van der Waals surface area contributed by atoms with Crippen LogP contribution in [0.2, 0.25) is 0 Å². The number of aryl methyl sites for hydroxylation is 1. The van der Waals surface area contributed by atoms with Gasteiger partial charge in [-0.3, -0.25) is 4.79 Å². The van der Waals surface area contributed by atoms with Crippen LogP contribution >= 0.6 is 0 Å². The van der Waals surface area contributed by atoms with Crippen LogP contribution < -0.4 is 4.90 Å². The number of rotatable bonds is 4. The second kappa shape index (κ2) is 6.17. The van der Waals surface area contributed by atoms with E-state index < -0.39 is 5.97 Å². The summed E-state index contributed by atoms with van der Waals surface area (Å²) in [5, 5.41) is 18.3. The third-order valence-corrected chi connectivity index (χ3v) is 4.69. The van der Waals surface area contributed by atoms with Crippen molar-refractivity contribution in [2.24, 2.45) is 0 Å². The molecule has 0 heterocycles. The molecule has 0 unspecified atom stereocenters. The predicted molar refractivity (Wildman–Crippen MR) is 82.4 cm³/mol. The molecule has 0 aliphatic heterocycles. The highest BCUT2D eigenvalue weighted by atomic mass is 16.4. The summed E-state index contributed by atoms with van der Waals surface area (Å²) >= 11 is 0. The Morgan fingerprint density at radius 1 is 1.38 bits per heavy atom. The number of carboxylic acid groups (broad SMARTS) is 1. The maximum Gasteiger partial charge on any atom is 0.305 e. The van der Waals surface area contributed by atoms with Crippen LogP contribution in [0.25, 0.3) is 0 Å². The lowest BCUT2D eigenvalue weighted by Crippen LogP contribution is -2.49. The molecule has 2 rings (SSSR count). The zero-order valence-corrected chi connectivity index (χ0v) is 12.7. The molecule has 1 fully saturated rings. The summed E-state index contributed by atoms with van der Waals surface area (Å²) in [5.74, 6) is -0.742. The SMILES string of the molecule is Cc1cc(N(C)C2(CC(=O)O)CCCCC2)ccc1C#N. The quantitative estimate of drug-likeness (QED) is 0.920. The number of nitrogens with zero attached hydrogens (tertiary/aromatic N) is 2. The molecular weight excluding hydrogens is 264 g/mol. The van der Waals surface area contributed by atoms with Gasteiger partial charge in [0.25, 0.3) is 0 Å². The van der Waals surface area contributed by atoms with E-state index in [-0.39, 0.29) is 12.0 Å². The lowest BCUT2D eigenvalue weighted by atomic mass is 9.77. The second-order valence-corrected chi connectivity index (χ2v) is 6.03. The smallest absolute Gasteiger partial charge is 0.305 e. The van der Waals surface area contributed by atoms with E-state index in [1.807, 2.05) is 32.2 Å². The molecule has 112 valence electrons. The molecular formula is C17H22N2O2. The number of hydrogen-bond donors (Lipinski definition) is 1. The first kappa shape index (κ1) is 15.4. The molecule has 0 amide bonds. The summed E-state index contributed by atoms with van der Waals surface area (Å²) in [6, 6.07) is 7.89. The van der Waals surface area contributed by atoms with Gasteiger partial charge in [-0.05, 0) is 43.5 Å². The number of aliphatic carboxylic acids is 1. The van der Waals surface area contributed by atoms with E-state index in [9.17, 15) is 9.90 Å². The molecule has 0 aromatic heterocycles. The summed E-state index contributed by atoms with van der Waals surface area (Å²) in [7, 11) is 1.98. The van der Waals surface area contributed by atoms with Gasteiger partial charge in [0, 0.05) is 12.7 Å². The van der Waals surface area contributed by atoms with Gasteiger partial charge in [0.15, 0.2) is 0 Å². The summed E-state index contributed by atoms with van der Waals surface area (Å²) in [6.45, 7) is 1.92. The molecule has 0 atom stereocenters. The highest BCUT2D eigenvalue weighted by Crippen LogP contribution is 2.38. The average molecular weight is 286 g/mol. The number of benzene rings is 1. The molecule has 21 heavy (non-hydrogen) atoms. The Kier molecular flexibility index (Phi) is 4.52. The monoisotopic (exact) mass is 286 g/mol. The minimum absolute atomic E-state index is 0.169. The minimum Gasteiger partial charge on any atom is -0.481 e. The summed E-state index contributed by atoms with van der Waals surface area (Å²) in [4.78, 5) is 13.4. The second-order valence-electron chi connectivity index (χ2n) is 6.03. The summed E-state index contributed by atoms with van der Waals surface area (Å²) in [6.07, 6.45) is 5.33. The Bertz CT molecular complexity index is 569. The van der Waals surface area contributed by atoms with Crippen molar-refractivity contribution in [3.8, 4) is 6.07 Å². The average Bonchev–Trinajstić information content (AvgIpc) is 2.46. The lowest BCUT2D eigenvalue weighted by molar-refractivity contribution is -0.138. The van der Waals surface area contributed by atoms with Crippen molar-refractivity contribution < 1.29 is 9.90 Å². The van der Waals surface area contributed by atoms with Gasteiger partial charge in [-0.25, -0.2) is 0 Å². The largest absolute Gasteiger partial charge is 0.481 e. The number of hydrogen-bond acceptors (Lipinski definition) is 3. The Morgan fingerprint density at radius 2 is 2.05 bits per heavy atom. The van der Waals surface area contributed by atoms with Crippen molar-refractivity contribution in [2.45, 2.75) is 51.0 Å². The van der Waals surface area contributed by atoms with Gasteiger partial charge in [0.05, 0.1) is 23.6 Å². The lowest BCUT2D eigenvalue weighted by Gasteiger charge is -2.45. The van der Waals surface area contributed by atoms with Crippen molar-refractivity contribution >= 4 is 11.7 Å². The number of nitriles is 1. The van der Waals surface area contributed by atoms with Gasteiger partial charge in [-0.2, -0.15) is 5.26 Å². The zero-order valence-electron chi connectivity index (χ0n) is 12.7. The third kappa shape index (κ3) is 3.18. The zero-order chi connectivity index (χ0) is 15.5. The third-order valence-electron chi connectivity index (χ3n) is 4.69. The molecule has 4 nitrogen and oxygen atoms in total. The van der Waals surface area contributed by atoms with E-state index >= 15 is 0 Å². The number of anilines is 1. The Labute approximate surface area is 126 Å². The van der Waals surface area contributed by atoms with Crippen LogP contribution in [0.3, 0.4) is 0 Å². The van der Waals surface area contributed by atoms with Crippen LogP contribution in [0.1, 0.15) is 49.7 Å². The Morgan fingerprint density at radius 3 is 2.57 bits per heavy atom. The molecule has 1 aromatic rings. The fourth-order valence-corrected chi connectivity index (χ4v) is 3.38. The van der Waals surface area contributed by atoms with Crippen LogP contribution in [0.15, 0.2) is 18.2 Å². The van der Waals surface area contributed by atoms with E-state index in [0.29, 0.717) is 5.56 Å². The van der Waals surface area contributed by atoms with Gasteiger partial charge in [0.1, 0.15) is 0 Å². The molecule has 0 spiro atoms. The molecule has 1 aromatic carbocycles. The van der Waals surface area contributed by atoms with Crippen molar-refractivity contribution in [1.29, 1.82) is 5.26 Å². The topological polar surface area (TPSA) is 64.3 Å². The molecule has 0 bridgehead atoms. The maximum atomic E-state index is 11.3. The molecule has 1 aliphatic rings. The van der Waals surface area contributed by atoms with E-state index in [1.165, 1.54) is 6.42 Å². The number of carbonyl (C=O) groups is 1. The normalized spacial score (nSPS) is 17.0. The Hall–Kier alpha value is -2.02. The van der Waals surface area contributed by atoms with Crippen molar-refractivity contribution in [2.75, 3.05) is 11.9 Å². The highest BCUT2D eigenvalue weighted by Gasteiger charge is 2.38. The molecule has 4 heteroatoms. The highest BCUT2D eigenvalue weighted by molar-refractivity contribution is 5.70. The molecule has 1 aliphatic carbocycles. The molecule has 0 saturated heterocycles. The minimum atomic E-state index is -0.742. The standard InChI is InChI=1S/C17H22N2O2/c1-13-10-15(7-6-14(13)12-18)19(2)17(11-16(20)21)8-4-3-5-9-17/h6-7,10H,3-5,8-9,11H2,1-2H3,(H,20,21). The van der Waals surface area contributed by atoms with Gasteiger partial charge in [-0.1, -0.05) is 19.3 Å². The molecule has 0 radical (unpaired) electrons. The van der Waals surface area contributed by atoms with E-state index in [1.54, 1.807) is 0 Å². The fourth-order valence-electron chi connectivity index (χ4n) is 3.38. The van der Waals surface area contributed by atoms with Crippen LogP contribution in [0, 0.1) is 18.3 Å². The van der Waals surface area contributed by atoms with Gasteiger partial charge in [-0.15, -0.1) is 0 Å². The summed E-state index contributed by atoms with van der Waals surface area (Å²) in [5.41, 5.74) is 2.30. The van der Waals surface area contributed by atoms with Crippen molar-refractivity contribution in [1.82, 2.24) is 0 Å². The van der Waals surface area contributed by atoms with Crippen molar-refractivity contribution in [3.63, 3.8) is 0 Å². The molecule has 1 saturated carbocycles. The first-order chi connectivity index (χ1) is 9.98. The Balaban J connectivity index is 2.33. The van der Waals surface area contributed by atoms with E-state index in [0.717, 1.165) is 36.9 Å². The first-order valence-electron chi connectivity index (χ1n) is 7.45. The maximum absolute atomic E-state index is 11.3. The van der Waals surface area contributed by atoms with Gasteiger partial charge < -0.3 is 10.0 Å². The van der Waals surface area contributed by atoms with Crippen LogP contribution in [-0.2, 0) is 4.79 Å².